The Hall–Kier alpha value is -0.546. The number of hydrogen-bond acceptors (Lipinski definition) is 3. The summed E-state index contributed by atoms with van der Waals surface area (Å²) in [4.78, 5) is 10.4. The van der Waals surface area contributed by atoms with Gasteiger partial charge in [0.1, 0.15) is 0 Å². The molecule has 4 aliphatic rings. The predicted octanol–water partition coefficient (Wildman–Crippen LogP) is 3.79. The molecule has 4 aliphatic carbocycles. The number of carboxylic acid groups (broad SMARTS) is 1. The van der Waals surface area contributed by atoms with Crippen LogP contribution >= 0.6 is 0 Å². The summed E-state index contributed by atoms with van der Waals surface area (Å²) in [6.07, 6.45) is 17.5. The fourth-order valence-corrected chi connectivity index (χ4v) is 4.86. The van der Waals surface area contributed by atoms with Gasteiger partial charge in [-0.15, -0.1) is 12.0 Å². The average Bonchev–Trinajstić information content (AvgIpc) is 3.05. The van der Waals surface area contributed by atoms with Crippen LogP contribution in [0.25, 0.3) is 0 Å². The first-order valence-corrected chi connectivity index (χ1v) is 10.5. The number of rotatable bonds is 1. The van der Waals surface area contributed by atoms with Crippen molar-refractivity contribution in [3.05, 3.63) is 28.7 Å². The molecule has 1 radical (unpaired) electrons. The van der Waals surface area contributed by atoms with Gasteiger partial charge in [-0.25, -0.2) is 12.0 Å². The number of carboxylic acids is 1. The zero-order valence-corrected chi connectivity index (χ0v) is 19.5. The van der Waals surface area contributed by atoms with Gasteiger partial charge in [-0.2, -0.15) is 19.8 Å². The Balaban J connectivity index is 0.000000457. The first-order valence-electron chi connectivity index (χ1n) is 10.5. The van der Waals surface area contributed by atoms with Gasteiger partial charge >= 0.3 is 27.7 Å². The molecule has 1 atom stereocenters. The largest absolute Gasteiger partial charge is 3.00 e. The summed E-state index contributed by atoms with van der Waals surface area (Å²) in [6, 6.07) is 0. The second-order valence-corrected chi connectivity index (χ2v) is 7.64. The number of carbonyl (C=O) groups is 1. The second-order valence-electron chi connectivity index (χ2n) is 7.64. The third-order valence-electron chi connectivity index (χ3n) is 6.16. The molecular formula is C23H37O4Ti. The molecule has 0 bridgehead atoms. The van der Waals surface area contributed by atoms with E-state index < -0.39 is 5.97 Å². The van der Waals surface area contributed by atoms with E-state index in [1.54, 1.807) is 22.3 Å². The summed E-state index contributed by atoms with van der Waals surface area (Å²) in [5, 5.41) is 25.0. The molecule has 4 rings (SSSR count). The van der Waals surface area contributed by atoms with Crippen molar-refractivity contribution >= 4 is 5.97 Å². The van der Waals surface area contributed by atoms with Crippen LogP contribution in [-0.2, 0) is 26.5 Å². The number of hydrogen-bond donors (Lipinski definition) is 1. The van der Waals surface area contributed by atoms with Gasteiger partial charge in [-0.05, 0) is 38.0 Å². The molecule has 5 heteroatoms. The molecule has 28 heavy (non-hydrogen) atoms. The van der Waals surface area contributed by atoms with Crippen LogP contribution in [0.1, 0.15) is 84.0 Å². The summed E-state index contributed by atoms with van der Waals surface area (Å²) < 4.78 is 0. The molecule has 4 nitrogen and oxygen atoms in total. The van der Waals surface area contributed by atoms with Crippen LogP contribution in [0.2, 0.25) is 0 Å². The van der Waals surface area contributed by atoms with Gasteiger partial charge in [0.15, 0.2) is 0 Å². The van der Waals surface area contributed by atoms with Crippen molar-refractivity contribution in [3.8, 4) is 0 Å². The summed E-state index contributed by atoms with van der Waals surface area (Å²) in [5.74, 6) is 0.147. The van der Waals surface area contributed by atoms with Crippen LogP contribution < -0.4 is 10.2 Å². The molecule has 0 heterocycles. The van der Waals surface area contributed by atoms with Crippen molar-refractivity contribution in [1.82, 2.24) is 0 Å². The van der Waals surface area contributed by atoms with Gasteiger partial charge < -0.3 is 15.3 Å². The molecule has 0 saturated heterocycles. The molecule has 0 aromatic heterocycles. The van der Waals surface area contributed by atoms with E-state index in [2.05, 4.69) is 13.3 Å². The average molecular weight is 425 g/mol. The van der Waals surface area contributed by atoms with E-state index in [4.69, 9.17) is 15.3 Å². The quantitative estimate of drug-likeness (QED) is 0.512. The number of fused-ring (bicyclic) bond motifs is 1. The topological polar surface area (TPSA) is 83.4 Å². The van der Waals surface area contributed by atoms with Gasteiger partial charge in [0.05, 0.1) is 5.92 Å². The first kappa shape index (κ1) is 27.5. The van der Waals surface area contributed by atoms with E-state index in [0.29, 0.717) is 0 Å². The minimum absolute atomic E-state index is 0. The molecule has 0 aliphatic heterocycles. The molecule has 1 saturated carbocycles. The molecule has 0 aromatic carbocycles. The van der Waals surface area contributed by atoms with Crippen LogP contribution in [0.5, 0.6) is 0 Å². The SMILES string of the molecule is CC1C2=C(CCC[CH-]2)C2=C1CCCC2.C[O-].C[O-].O=C(O)C1CCCCC1.[Ti+3]. The van der Waals surface area contributed by atoms with Crippen molar-refractivity contribution in [3.63, 3.8) is 0 Å². The Bertz CT molecular complexity index is 487. The molecule has 1 unspecified atom stereocenters. The molecule has 1 N–H and O–H groups in total. The second kappa shape index (κ2) is 15.3. The van der Waals surface area contributed by atoms with Crippen LogP contribution in [0.4, 0.5) is 0 Å². The summed E-state index contributed by atoms with van der Waals surface area (Å²) >= 11 is 0. The maximum atomic E-state index is 10.4. The van der Waals surface area contributed by atoms with Gasteiger partial charge in [0.2, 0.25) is 0 Å². The van der Waals surface area contributed by atoms with E-state index >= 15 is 0 Å². The van der Waals surface area contributed by atoms with E-state index in [1.165, 1.54) is 51.4 Å². The molecular weight excluding hydrogens is 388 g/mol. The van der Waals surface area contributed by atoms with Gasteiger partial charge in [-0.1, -0.05) is 51.0 Å². The van der Waals surface area contributed by atoms with Crippen LogP contribution in [0, 0.1) is 18.3 Å². The Labute approximate surface area is 186 Å². The molecule has 1 fully saturated rings. The minimum Gasteiger partial charge on any atom is -0.857 e. The predicted molar refractivity (Wildman–Crippen MR) is 106 cm³/mol. The summed E-state index contributed by atoms with van der Waals surface area (Å²) in [5.41, 5.74) is 7.07. The number of aliphatic carboxylic acids is 1. The van der Waals surface area contributed by atoms with E-state index in [-0.39, 0.29) is 27.6 Å². The Morgan fingerprint density at radius 2 is 1.46 bits per heavy atom. The standard InChI is InChI=1S/C14H19.C7H12O2.2CH3O.Ti/c1-10-11-6-2-4-8-13(11)14-9-5-3-7-12(10)14;8-7(9)6-4-2-1-3-5-6;2*1-2;/h6,10H,2-5,7-9H2,1H3;6H,1-5H2,(H,8,9);2*1H3;/q-1;;2*-1;+3. The normalized spacial score (nSPS) is 23.1. The van der Waals surface area contributed by atoms with Gasteiger partial charge in [-0.3, -0.25) is 4.79 Å². The molecule has 157 valence electrons. The third-order valence-corrected chi connectivity index (χ3v) is 6.16. The zero-order valence-electron chi connectivity index (χ0n) is 17.9. The van der Waals surface area contributed by atoms with E-state index in [9.17, 15) is 4.79 Å². The van der Waals surface area contributed by atoms with E-state index in [0.717, 1.165) is 45.8 Å². The Morgan fingerprint density at radius 1 is 0.893 bits per heavy atom. The Morgan fingerprint density at radius 3 is 2.04 bits per heavy atom. The maximum absolute atomic E-state index is 10.4. The first-order chi connectivity index (χ1) is 13.2. The fraction of sp³-hybridized carbons (Fsp3) is 0.739. The summed E-state index contributed by atoms with van der Waals surface area (Å²) in [6.45, 7) is 2.42. The third kappa shape index (κ3) is 7.37. The molecule has 0 spiro atoms. The van der Waals surface area contributed by atoms with Crippen molar-refractivity contribution in [2.75, 3.05) is 14.2 Å². The van der Waals surface area contributed by atoms with Crippen molar-refractivity contribution in [2.24, 2.45) is 11.8 Å². The van der Waals surface area contributed by atoms with Gasteiger partial charge in [0.25, 0.3) is 0 Å². The van der Waals surface area contributed by atoms with Crippen molar-refractivity contribution < 1.29 is 41.8 Å². The monoisotopic (exact) mass is 425 g/mol. The minimum atomic E-state index is -0.602. The smallest absolute Gasteiger partial charge is 0.857 e. The van der Waals surface area contributed by atoms with Gasteiger partial charge in [0, 0.05) is 0 Å². The van der Waals surface area contributed by atoms with Crippen molar-refractivity contribution in [1.29, 1.82) is 0 Å². The van der Waals surface area contributed by atoms with Crippen LogP contribution in [-0.4, -0.2) is 25.3 Å². The molecule has 0 aromatic rings. The van der Waals surface area contributed by atoms with E-state index in [1.807, 2.05) is 0 Å². The zero-order chi connectivity index (χ0) is 20.2. The van der Waals surface area contributed by atoms with Crippen molar-refractivity contribution in [2.45, 2.75) is 84.0 Å². The Kier molecular flexibility index (Phi) is 15.0. The van der Waals surface area contributed by atoms with Crippen LogP contribution in [0.3, 0.4) is 0 Å². The van der Waals surface area contributed by atoms with Crippen LogP contribution in [0.15, 0.2) is 22.3 Å². The summed E-state index contributed by atoms with van der Waals surface area (Å²) in [7, 11) is 1.50. The maximum Gasteiger partial charge on any atom is 3.00 e. The fourth-order valence-electron chi connectivity index (χ4n) is 4.86. The molecule has 0 amide bonds. The number of allylic oxidation sites excluding steroid dienone is 4.